The standard InChI is InChI=1S/C15H20FN3O/c1-3-9-17-10-12-11-20-15(18-12)19(4-2)14-8-6-5-7-13(14)16/h5-8,11,17H,3-4,9-10H2,1-2H3. The first-order valence-corrected chi connectivity index (χ1v) is 6.93. The summed E-state index contributed by atoms with van der Waals surface area (Å²) in [5.41, 5.74) is 1.30. The summed E-state index contributed by atoms with van der Waals surface area (Å²) < 4.78 is 19.3. The topological polar surface area (TPSA) is 41.3 Å². The molecular formula is C15H20FN3O. The second-order valence-corrected chi connectivity index (χ2v) is 4.49. The molecule has 1 heterocycles. The second-order valence-electron chi connectivity index (χ2n) is 4.49. The maximum atomic E-state index is 13.8. The third kappa shape index (κ3) is 3.36. The summed E-state index contributed by atoms with van der Waals surface area (Å²) in [6.07, 6.45) is 2.68. The Morgan fingerprint density at radius 3 is 2.80 bits per heavy atom. The SMILES string of the molecule is CCCNCc1coc(N(CC)c2ccccc2F)n1. The molecule has 4 nitrogen and oxygen atoms in total. The fraction of sp³-hybridized carbons (Fsp3) is 0.400. The molecule has 0 atom stereocenters. The minimum absolute atomic E-state index is 0.279. The normalized spacial score (nSPS) is 10.8. The number of aromatic nitrogens is 1. The lowest BCUT2D eigenvalue weighted by molar-refractivity contribution is 0.546. The second kappa shape index (κ2) is 7.05. The van der Waals surface area contributed by atoms with Crippen molar-refractivity contribution in [1.82, 2.24) is 10.3 Å². The molecule has 1 N–H and O–H groups in total. The smallest absolute Gasteiger partial charge is 0.302 e. The number of benzene rings is 1. The van der Waals surface area contributed by atoms with Gasteiger partial charge in [0, 0.05) is 13.1 Å². The summed E-state index contributed by atoms with van der Waals surface area (Å²) in [4.78, 5) is 6.12. The monoisotopic (exact) mass is 277 g/mol. The minimum Gasteiger partial charge on any atom is -0.431 e. The van der Waals surface area contributed by atoms with E-state index in [4.69, 9.17) is 4.42 Å². The van der Waals surface area contributed by atoms with Crippen molar-refractivity contribution in [2.75, 3.05) is 18.0 Å². The third-order valence-electron chi connectivity index (χ3n) is 2.96. The van der Waals surface area contributed by atoms with E-state index in [1.165, 1.54) is 6.07 Å². The highest BCUT2D eigenvalue weighted by Crippen LogP contribution is 2.26. The summed E-state index contributed by atoms with van der Waals surface area (Å²) in [6, 6.07) is 7.05. The lowest BCUT2D eigenvalue weighted by atomic mass is 10.3. The molecule has 0 saturated carbocycles. The van der Waals surface area contributed by atoms with Crippen molar-refractivity contribution in [3.8, 4) is 0 Å². The molecule has 1 aromatic heterocycles. The molecule has 108 valence electrons. The Hall–Kier alpha value is -1.88. The molecule has 0 bridgehead atoms. The van der Waals surface area contributed by atoms with Gasteiger partial charge in [0.2, 0.25) is 0 Å². The summed E-state index contributed by atoms with van der Waals surface area (Å²) >= 11 is 0. The summed E-state index contributed by atoms with van der Waals surface area (Å²) in [6.45, 7) is 6.23. The molecule has 20 heavy (non-hydrogen) atoms. The van der Waals surface area contributed by atoms with Crippen LogP contribution in [0.1, 0.15) is 26.0 Å². The molecule has 1 aromatic carbocycles. The fourth-order valence-corrected chi connectivity index (χ4v) is 1.97. The fourth-order valence-electron chi connectivity index (χ4n) is 1.97. The molecule has 2 rings (SSSR count). The molecule has 0 aliphatic rings. The van der Waals surface area contributed by atoms with E-state index in [0.29, 0.717) is 24.8 Å². The molecule has 5 heteroatoms. The van der Waals surface area contributed by atoms with Crippen molar-refractivity contribution >= 4 is 11.7 Å². The third-order valence-corrected chi connectivity index (χ3v) is 2.96. The molecule has 0 spiro atoms. The van der Waals surface area contributed by atoms with Crippen LogP contribution in [0.5, 0.6) is 0 Å². The van der Waals surface area contributed by atoms with Crippen LogP contribution in [0, 0.1) is 5.82 Å². The number of nitrogens with zero attached hydrogens (tertiary/aromatic N) is 2. The van der Waals surface area contributed by atoms with Gasteiger partial charge in [-0.25, -0.2) is 4.39 Å². The van der Waals surface area contributed by atoms with E-state index in [-0.39, 0.29) is 5.82 Å². The molecule has 0 unspecified atom stereocenters. The zero-order chi connectivity index (χ0) is 14.4. The van der Waals surface area contributed by atoms with Crippen molar-refractivity contribution in [2.45, 2.75) is 26.8 Å². The predicted molar refractivity (Wildman–Crippen MR) is 77.6 cm³/mol. The summed E-state index contributed by atoms with van der Waals surface area (Å²) in [7, 11) is 0. The van der Waals surface area contributed by atoms with Crippen LogP contribution >= 0.6 is 0 Å². The van der Waals surface area contributed by atoms with Gasteiger partial charge < -0.3 is 9.73 Å². The van der Waals surface area contributed by atoms with Gasteiger partial charge in [0.25, 0.3) is 0 Å². The van der Waals surface area contributed by atoms with Gasteiger partial charge in [-0.2, -0.15) is 4.98 Å². The quantitative estimate of drug-likeness (QED) is 0.787. The maximum absolute atomic E-state index is 13.8. The van der Waals surface area contributed by atoms with Gasteiger partial charge in [-0.1, -0.05) is 19.1 Å². The van der Waals surface area contributed by atoms with Crippen LogP contribution in [-0.2, 0) is 6.54 Å². The van der Waals surface area contributed by atoms with Crippen LogP contribution in [0.15, 0.2) is 34.9 Å². The summed E-state index contributed by atoms with van der Waals surface area (Å²) in [5.74, 6) is -0.279. The van der Waals surface area contributed by atoms with Gasteiger partial charge in [0.1, 0.15) is 12.1 Å². The van der Waals surface area contributed by atoms with E-state index in [1.54, 1.807) is 29.4 Å². The summed E-state index contributed by atoms with van der Waals surface area (Å²) in [5, 5.41) is 3.26. The van der Waals surface area contributed by atoms with E-state index in [1.807, 2.05) is 6.92 Å². The number of anilines is 2. The molecule has 0 fully saturated rings. The molecular weight excluding hydrogens is 257 g/mol. The van der Waals surface area contributed by atoms with Crippen LogP contribution in [0.25, 0.3) is 0 Å². The average Bonchev–Trinajstić information content (AvgIpc) is 2.91. The first-order valence-electron chi connectivity index (χ1n) is 6.93. The Kier molecular flexibility index (Phi) is 5.12. The number of hydrogen-bond acceptors (Lipinski definition) is 4. The van der Waals surface area contributed by atoms with E-state index in [2.05, 4.69) is 17.2 Å². The van der Waals surface area contributed by atoms with E-state index < -0.39 is 0 Å². The van der Waals surface area contributed by atoms with Crippen molar-refractivity contribution in [3.63, 3.8) is 0 Å². The van der Waals surface area contributed by atoms with E-state index in [0.717, 1.165) is 18.7 Å². The van der Waals surface area contributed by atoms with Crippen molar-refractivity contribution in [2.24, 2.45) is 0 Å². The predicted octanol–water partition coefficient (Wildman–Crippen LogP) is 3.47. The lowest BCUT2D eigenvalue weighted by Gasteiger charge is -2.18. The first-order chi connectivity index (χ1) is 9.76. The van der Waals surface area contributed by atoms with Gasteiger partial charge in [0.05, 0.1) is 11.4 Å². The number of hydrogen-bond donors (Lipinski definition) is 1. The van der Waals surface area contributed by atoms with E-state index in [9.17, 15) is 4.39 Å². The number of halogens is 1. The Morgan fingerprint density at radius 2 is 2.10 bits per heavy atom. The number of para-hydroxylation sites is 1. The average molecular weight is 277 g/mol. The molecule has 0 saturated heterocycles. The van der Waals surface area contributed by atoms with E-state index >= 15 is 0 Å². The number of rotatable bonds is 7. The highest BCUT2D eigenvalue weighted by atomic mass is 19.1. The molecule has 0 aliphatic carbocycles. The van der Waals surface area contributed by atoms with Crippen LogP contribution in [-0.4, -0.2) is 18.1 Å². The largest absolute Gasteiger partial charge is 0.431 e. The number of oxazole rings is 1. The highest BCUT2D eigenvalue weighted by molar-refractivity contribution is 5.56. The molecule has 0 aliphatic heterocycles. The Labute approximate surface area is 118 Å². The van der Waals surface area contributed by atoms with Crippen molar-refractivity contribution in [1.29, 1.82) is 0 Å². The molecule has 0 amide bonds. The van der Waals surface area contributed by atoms with Crippen molar-refractivity contribution < 1.29 is 8.81 Å². The maximum Gasteiger partial charge on any atom is 0.302 e. The molecule has 0 radical (unpaired) electrons. The van der Waals surface area contributed by atoms with Gasteiger partial charge >= 0.3 is 6.01 Å². The van der Waals surface area contributed by atoms with Gasteiger partial charge in [-0.15, -0.1) is 0 Å². The van der Waals surface area contributed by atoms with Crippen LogP contribution in [0.3, 0.4) is 0 Å². The van der Waals surface area contributed by atoms with Crippen LogP contribution < -0.4 is 10.2 Å². The van der Waals surface area contributed by atoms with Crippen molar-refractivity contribution in [3.05, 3.63) is 42.0 Å². The van der Waals surface area contributed by atoms with Crippen LogP contribution in [0.2, 0.25) is 0 Å². The minimum atomic E-state index is -0.279. The Bertz CT molecular complexity index is 541. The highest BCUT2D eigenvalue weighted by Gasteiger charge is 2.16. The molecule has 2 aromatic rings. The van der Waals surface area contributed by atoms with Crippen LogP contribution in [0.4, 0.5) is 16.1 Å². The Balaban J connectivity index is 2.14. The zero-order valence-corrected chi connectivity index (χ0v) is 11.9. The Morgan fingerprint density at radius 1 is 1.30 bits per heavy atom. The van der Waals surface area contributed by atoms with Gasteiger partial charge in [-0.3, -0.25) is 4.90 Å². The lowest BCUT2D eigenvalue weighted by Crippen LogP contribution is -2.18. The van der Waals surface area contributed by atoms with Gasteiger partial charge in [-0.05, 0) is 32.0 Å². The first kappa shape index (κ1) is 14.5. The zero-order valence-electron chi connectivity index (χ0n) is 11.9. The number of nitrogens with one attached hydrogen (secondary N) is 1. The van der Waals surface area contributed by atoms with Gasteiger partial charge in [0.15, 0.2) is 0 Å².